The number of carbonyl (C=O) groups is 2. The van der Waals surface area contributed by atoms with Crippen LogP contribution in [0.2, 0.25) is 0 Å². The second kappa shape index (κ2) is 6.54. The molecule has 1 fully saturated rings. The van der Waals surface area contributed by atoms with Gasteiger partial charge in [0, 0.05) is 12.1 Å². The third-order valence-electron chi connectivity index (χ3n) is 4.03. The molecule has 4 heteroatoms. The van der Waals surface area contributed by atoms with Crippen molar-refractivity contribution in [1.82, 2.24) is 4.90 Å². The molecule has 3 rings (SSSR count). The second-order valence-electron chi connectivity index (χ2n) is 5.52. The number of benzene rings is 2. The maximum absolute atomic E-state index is 12.5. The van der Waals surface area contributed by atoms with E-state index in [-0.39, 0.29) is 17.9 Å². The normalized spacial score (nSPS) is 19.5. The van der Waals surface area contributed by atoms with Crippen LogP contribution in [0.15, 0.2) is 78.9 Å². The Morgan fingerprint density at radius 2 is 1.62 bits per heavy atom. The molecular formula is C20H17NO3. The minimum atomic E-state index is -0.674. The minimum Gasteiger partial charge on any atom is -0.507 e. The van der Waals surface area contributed by atoms with Crippen molar-refractivity contribution >= 4 is 17.4 Å². The fraction of sp³-hybridized carbons (Fsp3) is 0.100. The van der Waals surface area contributed by atoms with Crippen LogP contribution in [0.4, 0.5) is 0 Å². The molecule has 1 amide bonds. The van der Waals surface area contributed by atoms with Gasteiger partial charge in [-0.05, 0) is 5.56 Å². The number of amides is 1. The Morgan fingerprint density at radius 3 is 2.21 bits per heavy atom. The molecule has 120 valence electrons. The van der Waals surface area contributed by atoms with Crippen molar-refractivity contribution in [2.24, 2.45) is 0 Å². The lowest BCUT2D eigenvalue weighted by atomic mass is 9.95. The van der Waals surface area contributed by atoms with Crippen LogP contribution < -0.4 is 0 Å². The Balaban J connectivity index is 2.20. The Morgan fingerprint density at radius 1 is 1.04 bits per heavy atom. The summed E-state index contributed by atoms with van der Waals surface area (Å²) in [6.07, 6.45) is 1.57. The van der Waals surface area contributed by atoms with Crippen molar-refractivity contribution in [2.45, 2.75) is 6.04 Å². The number of carbonyl (C=O) groups excluding carboxylic acids is 2. The SMILES string of the molecule is C=CCN1C(=O)C(=O)/C(=C(/O)c2ccccc2)[C@H]1c1ccccc1. The molecule has 1 N–H and O–H groups in total. The van der Waals surface area contributed by atoms with Crippen LogP contribution in [0.5, 0.6) is 0 Å². The molecule has 1 heterocycles. The molecule has 0 unspecified atom stereocenters. The number of aliphatic hydroxyl groups excluding tert-OH is 1. The van der Waals surface area contributed by atoms with Crippen molar-refractivity contribution in [3.05, 3.63) is 90.0 Å². The smallest absolute Gasteiger partial charge is 0.295 e. The van der Waals surface area contributed by atoms with Gasteiger partial charge < -0.3 is 10.0 Å². The first-order valence-electron chi connectivity index (χ1n) is 7.65. The largest absolute Gasteiger partial charge is 0.507 e. The molecule has 0 spiro atoms. The topological polar surface area (TPSA) is 57.6 Å². The molecule has 1 atom stereocenters. The van der Waals surface area contributed by atoms with Crippen LogP contribution in [-0.2, 0) is 9.59 Å². The van der Waals surface area contributed by atoms with Crippen LogP contribution >= 0.6 is 0 Å². The summed E-state index contributed by atoms with van der Waals surface area (Å²) in [6, 6.07) is 17.4. The second-order valence-corrected chi connectivity index (χ2v) is 5.52. The highest BCUT2D eigenvalue weighted by atomic mass is 16.3. The number of aliphatic hydroxyl groups is 1. The first-order valence-corrected chi connectivity index (χ1v) is 7.65. The summed E-state index contributed by atoms with van der Waals surface area (Å²) in [5.41, 5.74) is 1.39. The third-order valence-corrected chi connectivity index (χ3v) is 4.03. The first kappa shape index (κ1) is 15.7. The predicted molar refractivity (Wildman–Crippen MR) is 92.1 cm³/mol. The van der Waals surface area contributed by atoms with E-state index in [1.807, 2.05) is 36.4 Å². The molecule has 1 aliphatic rings. The lowest BCUT2D eigenvalue weighted by Crippen LogP contribution is -2.29. The molecule has 4 nitrogen and oxygen atoms in total. The molecule has 2 aromatic rings. The molecular weight excluding hydrogens is 302 g/mol. The maximum Gasteiger partial charge on any atom is 0.295 e. The van der Waals surface area contributed by atoms with E-state index >= 15 is 0 Å². The van der Waals surface area contributed by atoms with Crippen molar-refractivity contribution < 1.29 is 14.7 Å². The van der Waals surface area contributed by atoms with Gasteiger partial charge in [-0.1, -0.05) is 66.7 Å². The Labute approximate surface area is 140 Å². The average Bonchev–Trinajstić information content (AvgIpc) is 2.88. The summed E-state index contributed by atoms with van der Waals surface area (Å²) in [5.74, 6) is -1.46. The van der Waals surface area contributed by atoms with E-state index in [2.05, 4.69) is 6.58 Å². The summed E-state index contributed by atoms with van der Waals surface area (Å²) in [7, 11) is 0. The Hall–Kier alpha value is -3.14. The molecule has 1 saturated heterocycles. The quantitative estimate of drug-likeness (QED) is 0.407. The van der Waals surface area contributed by atoms with Gasteiger partial charge in [-0.2, -0.15) is 0 Å². The number of hydrogen-bond donors (Lipinski definition) is 1. The van der Waals surface area contributed by atoms with Crippen molar-refractivity contribution in [1.29, 1.82) is 0 Å². The van der Waals surface area contributed by atoms with E-state index < -0.39 is 17.7 Å². The zero-order valence-corrected chi connectivity index (χ0v) is 13.1. The fourth-order valence-electron chi connectivity index (χ4n) is 2.94. The highest BCUT2D eigenvalue weighted by molar-refractivity contribution is 6.46. The molecule has 0 radical (unpaired) electrons. The lowest BCUT2D eigenvalue weighted by Gasteiger charge is -2.24. The molecule has 0 aliphatic carbocycles. The zero-order chi connectivity index (χ0) is 17.1. The summed E-state index contributed by atoms with van der Waals surface area (Å²) < 4.78 is 0. The fourth-order valence-corrected chi connectivity index (χ4v) is 2.94. The van der Waals surface area contributed by atoms with Gasteiger partial charge in [0.05, 0.1) is 11.6 Å². The first-order chi connectivity index (χ1) is 11.6. The molecule has 0 bridgehead atoms. The highest BCUT2D eigenvalue weighted by Crippen LogP contribution is 2.38. The van der Waals surface area contributed by atoms with Crippen LogP contribution in [0.25, 0.3) is 5.76 Å². The molecule has 0 saturated carbocycles. The summed E-state index contributed by atoms with van der Waals surface area (Å²) in [5, 5.41) is 10.7. The summed E-state index contributed by atoms with van der Waals surface area (Å²) >= 11 is 0. The van der Waals surface area contributed by atoms with Crippen molar-refractivity contribution in [2.75, 3.05) is 6.54 Å². The monoisotopic (exact) mass is 319 g/mol. The lowest BCUT2D eigenvalue weighted by molar-refractivity contribution is -0.139. The standard InChI is InChI=1S/C20H17NO3/c1-2-13-21-17(14-9-5-3-6-10-14)16(19(23)20(21)24)18(22)15-11-7-4-8-12-15/h2-12,17,22H,1,13H2/b18-16+/t17-/m1/s1. The van der Waals surface area contributed by atoms with E-state index in [0.29, 0.717) is 5.56 Å². The van der Waals surface area contributed by atoms with Gasteiger partial charge in [-0.3, -0.25) is 9.59 Å². The van der Waals surface area contributed by atoms with E-state index in [9.17, 15) is 14.7 Å². The van der Waals surface area contributed by atoms with Crippen LogP contribution in [0, 0.1) is 0 Å². The van der Waals surface area contributed by atoms with E-state index in [0.717, 1.165) is 5.56 Å². The number of hydrogen-bond acceptors (Lipinski definition) is 3. The van der Waals surface area contributed by atoms with Gasteiger partial charge in [0.25, 0.3) is 11.7 Å². The van der Waals surface area contributed by atoms with E-state index in [1.54, 1.807) is 30.3 Å². The minimum absolute atomic E-state index is 0.110. The van der Waals surface area contributed by atoms with Gasteiger partial charge in [-0.15, -0.1) is 6.58 Å². The predicted octanol–water partition coefficient (Wildman–Crippen LogP) is 3.29. The number of nitrogens with zero attached hydrogens (tertiary/aromatic N) is 1. The Bertz CT molecular complexity index is 809. The number of likely N-dealkylation sites (tertiary alicyclic amines) is 1. The number of ketones is 1. The number of Topliss-reactive ketones (excluding diaryl/α,β-unsaturated/α-hetero) is 1. The van der Waals surface area contributed by atoms with Crippen LogP contribution in [-0.4, -0.2) is 28.2 Å². The molecule has 2 aromatic carbocycles. The van der Waals surface area contributed by atoms with Crippen LogP contribution in [0.3, 0.4) is 0 Å². The van der Waals surface area contributed by atoms with Gasteiger partial charge in [-0.25, -0.2) is 0 Å². The molecule has 24 heavy (non-hydrogen) atoms. The molecule has 0 aromatic heterocycles. The summed E-state index contributed by atoms with van der Waals surface area (Å²) in [4.78, 5) is 26.4. The zero-order valence-electron chi connectivity index (χ0n) is 13.1. The van der Waals surface area contributed by atoms with Crippen LogP contribution in [0.1, 0.15) is 17.2 Å². The van der Waals surface area contributed by atoms with Crippen molar-refractivity contribution in [3.8, 4) is 0 Å². The third kappa shape index (κ3) is 2.63. The number of rotatable bonds is 4. The van der Waals surface area contributed by atoms with Gasteiger partial charge in [0.15, 0.2) is 0 Å². The van der Waals surface area contributed by atoms with Gasteiger partial charge in [0.2, 0.25) is 0 Å². The Kier molecular flexibility index (Phi) is 4.29. The highest BCUT2D eigenvalue weighted by Gasteiger charge is 2.45. The van der Waals surface area contributed by atoms with E-state index in [4.69, 9.17) is 0 Å². The maximum atomic E-state index is 12.5. The van der Waals surface area contributed by atoms with E-state index in [1.165, 1.54) is 4.90 Å². The van der Waals surface area contributed by atoms with Crippen molar-refractivity contribution in [3.63, 3.8) is 0 Å². The summed E-state index contributed by atoms with van der Waals surface area (Å²) in [6.45, 7) is 3.89. The molecule has 1 aliphatic heterocycles. The average molecular weight is 319 g/mol. The van der Waals surface area contributed by atoms with Gasteiger partial charge >= 0.3 is 0 Å². The van der Waals surface area contributed by atoms with Gasteiger partial charge in [0.1, 0.15) is 5.76 Å².